The number of benzene rings is 1. The molecule has 1 unspecified atom stereocenters. The number of rotatable bonds is 0. The molecule has 2 rings (SSSR count). The number of alkyl halides is 3. The Hall–Kier alpha value is -0.600. The quantitative estimate of drug-likeness (QED) is 0.629. The molecule has 1 atom stereocenters. The van der Waals surface area contributed by atoms with E-state index in [4.69, 9.17) is 0 Å². The number of hydrogen-bond donors (Lipinski definition) is 0. The van der Waals surface area contributed by atoms with Crippen LogP contribution in [-0.4, -0.2) is 0 Å². The summed E-state index contributed by atoms with van der Waals surface area (Å²) < 4.78 is 38.7. The summed E-state index contributed by atoms with van der Waals surface area (Å²) in [7, 11) is 2.22. The Balaban J connectivity index is 2.94. The molecular weight excluding hydrogens is 252 g/mol. The lowest BCUT2D eigenvalue weighted by Gasteiger charge is -2.16. The topological polar surface area (TPSA) is 0 Å². The van der Waals surface area contributed by atoms with E-state index in [0.29, 0.717) is 16.5 Å². The Morgan fingerprint density at radius 2 is 1.56 bits per heavy atom. The predicted octanol–water partition coefficient (Wildman–Crippen LogP) is 4.04. The molecule has 0 aliphatic rings. The summed E-state index contributed by atoms with van der Waals surface area (Å²) in [4.78, 5) is 0. The van der Waals surface area contributed by atoms with Crippen LogP contribution in [0, 0.1) is 13.8 Å². The normalized spacial score (nSPS) is 12.4. The standard InChI is InChI=1S/C11H10F3PS/c1-5-7-3-16-4-8(7)6(2)10(15)9(5)11(12,13)14/h3-4H,15H2,1-2H3. The molecule has 0 saturated carbocycles. The number of fused-ring (bicyclic) bond motifs is 1. The minimum absolute atomic E-state index is 0.260. The van der Waals surface area contributed by atoms with Crippen LogP contribution in [0.4, 0.5) is 13.2 Å². The zero-order valence-corrected chi connectivity index (χ0v) is 10.7. The van der Waals surface area contributed by atoms with Gasteiger partial charge in [-0.1, -0.05) is 0 Å². The first kappa shape index (κ1) is 11.9. The van der Waals surface area contributed by atoms with Crippen molar-refractivity contribution in [1.82, 2.24) is 0 Å². The van der Waals surface area contributed by atoms with Crippen molar-refractivity contribution < 1.29 is 13.2 Å². The largest absolute Gasteiger partial charge is 0.417 e. The van der Waals surface area contributed by atoms with Gasteiger partial charge in [0.1, 0.15) is 0 Å². The number of halogens is 3. The van der Waals surface area contributed by atoms with Gasteiger partial charge in [0.25, 0.3) is 0 Å². The fraction of sp³-hybridized carbons (Fsp3) is 0.273. The van der Waals surface area contributed by atoms with E-state index in [1.807, 2.05) is 5.38 Å². The van der Waals surface area contributed by atoms with Crippen LogP contribution in [-0.2, 0) is 6.18 Å². The molecule has 16 heavy (non-hydrogen) atoms. The summed E-state index contributed by atoms with van der Waals surface area (Å²) in [5, 5.41) is 5.56. The van der Waals surface area contributed by atoms with Gasteiger partial charge >= 0.3 is 6.18 Å². The molecular formula is C11H10F3PS. The van der Waals surface area contributed by atoms with E-state index in [9.17, 15) is 13.2 Å². The van der Waals surface area contributed by atoms with Crippen molar-refractivity contribution in [3.63, 3.8) is 0 Å². The molecule has 0 amide bonds. The van der Waals surface area contributed by atoms with Gasteiger partial charge in [0, 0.05) is 0 Å². The van der Waals surface area contributed by atoms with Crippen LogP contribution in [0.1, 0.15) is 16.7 Å². The van der Waals surface area contributed by atoms with E-state index >= 15 is 0 Å². The van der Waals surface area contributed by atoms with Crippen LogP contribution in [0.15, 0.2) is 10.8 Å². The third-order valence-corrected chi connectivity index (χ3v) is 4.27. The summed E-state index contributed by atoms with van der Waals surface area (Å²) >= 11 is 1.43. The van der Waals surface area contributed by atoms with E-state index < -0.39 is 11.7 Å². The van der Waals surface area contributed by atoms with Crippen molar-refractivity contribution in [2.75, 3.05) is 0 Å². The van der Waals surface area contributed by atoms with Crippen molar-refractivity contribution in [2.24, 2.45) is 0 Å². The molecule has 0 aliphatic heterocycles. The second-order valence-electron chi connectivity index (χ2n) is 3.74. The first-order valence-corrected chi connectivity index (χ1v) is 6.17. The molecule has 0 aliphatic carbocycles. The molecule has 86 valence electrons. The molecule has 1 aromatic heterocycles. The molecule has 0 nitrogen and oxygen atoms in total. The van der Waals surface area contributed by atoms with Crippen molar-refractivity contribution in [1.29, 1.82) is 0 Å². The van der Waals surface area contributed by atoms with Crippen LogP contribution in [0.2, 0.25) is 0 Å². The van der Waals surface area contributed by atoms with Gasteiger partial charge in [0.05, 0.1) is 5.56 Å². The van der Waals surface area contributed by atoms with Gasteiger partial charge in [0.15, 0.2) is 0 Å². The highest BCUT2D eigenvalue weighted by Crippen LogP contribution is 2.37. The Morgan fingerprint density at radius 1 is 1.06 bits per heavy atom. The van der Waals surface area contributed by atoms with Crippen molar-refractivity contribution in [2.45, 2.75) is 20.0 Å². The molecule has 1 aromatic carbocycles. The van der Waals surface area contributed by atoms with Crippen LogP contribution >= 0.6 is 20.6 Å². The lowest BCUT2D eigenvalue weighted by molar-refractivity contribution is -0.137. The second kappa shape index (κ2) is 3.71. The molecule has 0 spiro atoms. The summed E-state index contributed by atoms with van der Waals surface area (Å²) in [5.41, 5.74) is 0.499. The lowest BCUT2D eigenvalue weighted by atomic mass is 9.98. The minimum Gasteiger partial charge on any atom is -0.166 e. The van der Waals surface area contributed by atoms with Crippen LogP contribution in [0.3, 0.4) is 0 Å². The smallest absolute Gasteiger partial charge is 0.166 e. The Morgan fingerprint density at radius 3 is 2.06 bits per heavy atom. The average Bonchev–Trinajstić information content (AvgIpc) is 2.61. The van der Waals surface area contributed by atoms with E-state index in [0.717, 1.165) is 5.39 Å². The number of hydrogen-bond acceptors (Lipinski definition) is 1. The van der Waals surface area contributed by atoms with Crippen LogP contribution in [0.5, 0.6) is 0 Å². The van der Waals surface area contributed by atoms with Crippen molar-refractivity contribution in [3.05, 3.63) is 27.5 Å². The van der Waals surface area contributed by atoms with E-state index in [-0.39, 0.29) is 5.30 Å². The highest BCUT2D eigenvalue weighted by molar-refractivity contribution is 7.27. The molecule has 5 heteroatoms. The average molecular weight is 262 g/mol. The van der Waals surface area contributed by atoms with Crippen molar-refractivity contribution in [3.8, 4) is 0 Å². The number of thiophene rings is 1. The minimum atomic E-state index is -4.29. The maximum Gasteiger partial charge on any atom is 0.417 e. The van der Waals surface area contributed by atoms with E-state index in [1.54, 1.807) is 12.3 Å². The van der Waals surface area contributed by atoms with Crippen LogP contribution < -0.4 is 5.30 Å². The molecule has 0 N–H and O–H groups in total. The third-order valence-electron chi connectivity index (χ3n) is 2.80. The monoisotopic (exact) mass is 262 g/mol. The highest BCUT2D eigenvalue weighted by Gasteiger charge is 2.35. The summed E-state index contributed by atoms with van der Waals surface area (Å²) in [6.45, 7) is 3.26. The maximum atomic E-state index is 12.9. The van der Waals surface area contributed by atoms with Gasteiger partial charge in [-0.15, -0.1) is 9.24 Å². The van der Waals surface area contributed by atoms with Crippen LogP contribution in [0.25, 0.3) is 10.8 Å². The number of aryl methyl sites for hydroxylation is 2. The molecule has 1 heterocycles. The SMILES string of the molecule is Cc1c(P)c(C(F)(F)F)c(C)c2cscc12. The Kier molecular flexibility index (Phi) is 2.75. The molecule has 0 bridgehead atoms. The van der Waals surface area contributed by atoms with Gasteiger partial charge in [0.2, 0.25) is 0 Å². The molecule has 0 saturated heterocycles. The fourth-order valence-corrected chi connectivity index (χ4v) is 3.40. The Bertz CT molecular complexity index is 554. The van der Waals surface area contributed by atoms with E-state index in [2.05, 4.69) is 9.24 Å². The second-order valence-corrected chi connectivity index (χ2v) is 5.06. The fourth-order valence-electron chi connectivity index (χ4n) is 1.91. The predicted molar refractivity (Wildman–Crippen MR) is 65.6 cm³/mol. The lowest BCUT2D eigenvalue weighted by Crippen LogP contribution is -2.19. The molecule has 0 radical (unpaired) electrons. The van der Waals surface area contributed by atoms with Gasteiger partial charge in [-0.05, 0) is 51.8 Å². The molecule has 0 fully saturated rings. The summed E-state index contributed by atoms with van der Waals surface area (Å²) in [6.07, 6.45) is -4.29. The maximum absolute atomic E-state index is 12.9. The first-order chi connectivity index (χ1) is 7.34. The van der Waals surface area contributed by atoms with Gasteiger partial charge in [-0.25, -0.2) is 0 Å². The zero-order valence-electron chi connectivity index (χ0n) is 8.77. The Labute approximate surface area is 97.7 Å². The third kappa shape index (κ3) is 1.64. The zero-order chi connectivity index (χ0) is 12.1. The van der Waals surface area contributed by atoms with E-state index in [1.165, 1.54) is 18.3 Å². The van der Waals surface area contributed by atoms with Crippen molar-refractivity contribution >= 4 is 36.7 Å². The van der Waals surface area contributed by atoms with Gasteiger partial charge in [-0.3, -0.25) is 0 Å². The summed E-state index contributed by atoms with van der Waals surface area (Å²) in [6, 6.07) is 0. The van der Waals surface area contributed by atoms with Gasteiger partial charge < -0.3 is 0 Å². The molecule has 2 aromatic rings. The highest BCUT2D eigenvalue weighted by atomic mass is 32.1. The first-order valence-electron chi connectivity index (χ1n) is 4.65. The summed E-state index contributed by atoms with van der Waals surface area (Å²) in [5.74, 6) is 0. The van der Waals surface area contributed by atoms with Gasteiger partial charge in [-0.2, -0.15) is 24.5 Å².